The summed E-state index contributed by atoms with van der Waals surface area (Å²) in [6, 6.07) is 0. The van der Waals surface area contributed by atoms with Crippen LogP contribution in [0.25, 0.3) is 0 Å². The van der Waals surface area contributed by atoms with Crippen LogP contribution < -0.4 is 0 Å². The van der Waals surface area contributed by atoms with E-state index < -0.39 is 0 Å². The molecule has 0 N–H and O–H groups in total. The van der Waals surface area contributed by atoms with Crippen molar-refractivity contribution in [3.05, 3.63) is 0 Å². The first-order valence-electron chi connectivity index (χ1n) is 25.1. The van der Waals surface area contributed by atoms with Crippen LogP contribution in [0.3, 0.4) is 0 Å². The minimum Gasteiger partial charge on any atom is -0.466 e. The van der Waals surface area contributed by atoms with Gasteiger partial charge in [-0.25, -0.2) is 0 Å². The van der Waals surface area contributed by atoms with Crippen molar-refractivity contribution < 1.29 is 28.6 Å². The van der Waals surface area contributed by atoms with Crippen LogP contribution in [-0.4, -0.2) is 62.3 Å². The molecule has 0 bridgehead atoms. The minimum atomic E-state index is -0.00118. The molecule has 336 valence electrons. The van der Waals surface area contributed by atoms with Crippen molar-refractivity contribution in [3.63, 3.8) is 0 Å². The van der Waals surface area contributed by atoms with Crippen molar-refractivity contribution in [2.45, 2.75) is 246 Å². The van der Waals surface area contributed by atoms with Crippen LogP contribution in [0.15, 0.2) is 0 Å². The molecule has 1 rings (SSSR count). The van der Waals surface area contributed by atoms with E-state index in [0.29, 0.717) is 44.5 Å². The summed E-state index contributed by atoms with van der Waals surface area (Å²) in [5.74, 6) is 0.979. The molecule has 0 unspecified atom stereocenters. The van der Waals surface area contributed by atoms with Crippen LogP contribution in [0.5, 0.6) is 0 Å². The van der Waals surface area contributed by atoms with Crippen LogP contribution >= 0.6 is 0 Å². The fourth-order valence-electron chi connectivity index (χ4n) is 8.57. The standard InChI is InChI=1S/C50H95NO6/c1-5-9-21-31-45(32-22-10-6-2)43-48(52)55-40-29-19-15-13-17-25-35-47(50(54)57-42-39-51-37-27-28-38-51)36-26-18-14-16-20-30-41-56-49(53)44-46(33-23-11-7-3)34-24-12-8-4/h45-47H,5-44H2,1-4H3. The van der Waals surface area contributed by atoms with E-state index in [-0.39, 0.29) is 23.8 Å². The molecule has 1 fully saturated rings. The molecule has 0 atom stereocenters. The molecular formula is C50H95NO6. The molecule has 0 saturated carbocycles. The third-order valence-electron chi connectivity index (χ3n) is 12.4. The molecule has 1 aliphatic heterocycles. The van der Waals surface area contributed by atoms with Gasteiger partial charge < -0.3 is 14.2 Å². The van der Waals surface area contributed by atoms with Gasteiger partial charge in [0.25, 0.3) is 0 Å². The summed E-state index contributed by atoms with van der Waals surface area (Å²) in [7, 11) is 0. The molecule has 0 radical (unpaired) electrons. The molecule has 1 aliphatic rings. The van der Waals surface area contributed by atoms with E-state index in [1.165, 1.54) is 89.9 Å². The van der Waals surface area contributed by atoms with Gasteiger partial charge in [-0.15, -0.1) is 0 Å². The second-order valence-corrected chi connectivity index (χ2v) is 17.8. The van der Waals surface area contributed by atoms with Crippen molar-refractivity contribution in [1.29, 1.82) is 0 Å². The monoisotopic (exact) mass is 806 g/mol. The molecule has 0 aromatic heterocycles. The van der Waals surface area contributed by atoms with Crippen LogP contribution in [0.4, 0.5) is 0 Å². The lowest BCUT2D eigenvalue weighted by Crippen LogP contribution is -2.27. The highest BCUT2D eigenvalue weighted by atomic mass is 16.5. The third-order valence-corrected chi connectivity index (χ3v) is 12.4. The number of carbonyl (C=O) groups is 3. The molecule has 0 aromatic carbocycles. The molecule has 57 heavy (non-hydrogen) atoms. The van der Waals surface area contributed by atoms with Gasteiger partial charge in [0.2, 0.25) is 0 Å². The van der Waals surface area contributed by atoms with Gasteiger partial charge in [-0.05, 0) is 89.1 Å². The van der Waals surface area contributed by atoms with Gasteiger partial charge in [0.15, 0.2) is 0 Å². The molecule has 0 aliphatic carbocycles. The lowest BCUT2D eigenvalue weighted by Gasteiger charge is -2.18. The molecule has 7 heteroatoms. The van der Waals surface area contributed by atoms with Gasteiger partial charge in [-0.3, -0.25) is 19.3 Å². The predicted molar refractivity (Wildman–Crippen MR) is 239 cm³/mol. The highest BCUT2D eigenvalue weighted by Crippen LogP contribution is 2.24. The number of ether oxygens (including phenoxy) is 3. The molecular weight excluding hydrogens is 711 g/mol. The normalized spacial score (nSPS) is 13.3. The van der Waals surface area contributed by atoms with E-state index in [9.17, 15) is 14.4 Å². The van der Waals surface area contributed by atoms with Gasteiger partial charge in [0.1, 0.15) is 6.61 Å². The average molecular weight is 806 g/mol. The Hall–Kier alpha value is -1.63. The SMILES string of the molecule is CCCCCC(CCCCC)CC(=O)OCCCCCCCCC(CCCCCCCCOC(=O)CC(CCCCC)CCCCC)C(=O)OCCN1CCCC1. The number of rotatable bonds is 42. The maximum atomic E-state index is 13.2. The quantitative estimate of drug-likeness (QED) is 0.0345. The Bertz CT molecular complexity index is 844. The highest BCUT2D eigenvalue weighted by molar-refractivity contribution is 5.72. The minimum absolute atomic E-state index is 0.00118. The van der Waals surface area contributed by atoms with Gasteiger partial charge in [0.05, 0.1) is 19.1 Å². The second-order valence-electron chi connectivity index (χ2n) is 17.8. The van der Waals surface area contributed by atoms with Gasteiger partial charge in [-0.2, -0.15) is 0 Å². The van der Waals surface area contributed by atoms with Crippen LogP contribution in [0, 0.1) is 17.8 Å². The van der Waals surface area contributed by atoms with E-state index in [1.54, 1.807) is 0 Å². The first-order valence-corrected chi connectivity index (χ1v) is 25.1. The Morgan fingerprint density at radius 2 is 0.772 bits per heavy atom. The lowest BCUT2D eigenvalue weighted by molar-refractivity contribution is -0.149. The summed E-state index contributed by atoms with van der Waals surface area (Å²) in [6.45, 7) is 13.7. The Labute approximate surface area is 353 Å². The number of hydrogen-bond acceptors (Lipinski definition) is 7. The Morgan fingerprint density at radius 1 is 0.421 bits per heavy atom. The highest BCUT2D eigenvalue weighted by Gasteiger charge is 2.21. The molecule has 1 heterocycles. The Kier molecular flexibility index (Phi) is 37.3. The number of hydrogen-bond donors (Lipinski definition) is 0. The fourth-order valence-corrected chi connectivity index (χ4v) is 8.57. The summed E-state index contributed by atoms with van der Waals surface area (Å²) in [5, 5.41) is 0. The summed E-state index contributed by atoms with van der Waals surface area (Å²) < 4.78 is 17.1. The lowest BCUT2D eigenvalue weighted by atomic mass is 9.92. The molecule has 7 nitrogen and oxygen atoms in total. The van der Waals surface area contributed by atoms with E-state index in [2.05, 4.69) is 32.6 Å². The smallest absolute Gasteiger partial charge is 0.308 e. The number of carbonyl (C=O) groups excluding carboxylic acids is 3. The van der Waals surface area contributed by atoms with E-state index >= 15 is 0 Å². The third kappa shape index (κ3) is 32.9. The molecule has 0 aromatic rings. The summed E-state index contributed by atoms with van der Waals surface area (Å²) >= 11 is 0. The van der Waals surface area contributed by atoms with Crippen molar-refractivity contribution in [1.82, 2.24) is 4.90 Å². The molecule has 0 spiro atoms. The first-order chi connectivity index (χ1) is 27.9. The van der Waals surface area contributed by atoms with Crippen molar-refractivity contribution >= 4 is 17.9 Å². The molecule has 0 amide bonds. The summed E-state index contributed by atoms with van der Waals surface area (Å²) in [5.41, 5.74) is 0. The maximum absolute atomic E-state index is 13.2. The Balaban J connectivity index is 2.27. The fraction of sp³-hybridized carbons (Fsp3) is 0.940. The number of unbranched alkanes of at least 4 members (excludes halogenated alkanes) is 18. The topological polar surface area (TPSA) is 82.1 Å². The number of nitrogens with zero attached hydrogens (tertiary/aromatic N) is 1. The van der Waals surface area contributed by atoms with Crippen molar-refractivity contribution in [2.24, 2.45) is 17.8 Å². The Morgan fingerprint density at radius 3 is 1.16 bits per heavy atom. The summed E-state index contributed by atoms with van der Waals surface area (Å²) in [6.07, 6.45) is 38.1. The van der Waals surface area contributed by atoms with Crippen molar-refractivity contribution in [2.75, 3.05) is 39.5 Å². The second kappa shape index (κ2) is 39.8. The van der Waals surface area contributed by atoms with Crippen LogP contribution in [0.1, 0.15) is 246 Å². The first kappa shape index (κ1) is 53.4. The number of likely N-dealkylation sites (tertiary alicyclic amines) is 1. The number of esters is 3. The zero-order chi connectivity index (χ0) is 41.4. The zero-order valence-corrected chi connectivity index (χ0v) is 38.4. The molecule has 1 saturated heterocycles. The van der Waals surface area contributed by atoms with Gasteiger partial charge in [-0.1, -0.05) is 169 Å². The van der Waals surface area contributed by atoms with Gasteiger partial charge >= 0.3 is 17.9 Å². The maximum Gasteiger partial charge on any atom is 0.308 e. The van der Waals surface area contributed by atoms with E-state index in [1.807, 2.05) is 0 Å². The summed E-state index contributed by atoms with van der Waals surface area (Å²) in [4.78, 5) is 40.7. The predicted octanol–water partition coefficient (Wildman–Crippen LogP) is 14.1. The van der Waals surface area contributed by atoms with Crippen molar-refractivity contribution in [3.8, 4) is 0 Å². The largest absolute Gasteiger partial charge is 0.466 e. The average Bonchev–Trinajstić information content (AvgIpc) is 3.72. The zero-order valence-electron chi connectivity index (χ0n) is 38.4. The van der Waals surface area contributed by atoms with Gasteiger partial charge in [0, 0.05) is 19.4 Å². The van der Waals surface area contributed by atoms with Crippen LogP contribution in [0.2, 0.25) is 0 Å². The van der Waals surface area contributed by atoms with Crippen LogP contribution in [-0.2, 0) is 28.6 Å². The van der Waals surface area contributed by atoms with E-state index in [4.69, 9.17) is 14.2 Å². The van der Waals surface area contributed by atoms with E-state index in [0.717, 1.165) is 135 Å².